The van der Waals surface area contributed by atoms with Gasteiger partial charge in [0.15, 0.2) is 5.65 Å². The van der Waals surface area contributed by atoms with Crippen LogP contribution in [0, 0.1) is 24.7 Å². The number of nitrogens with zero attached hydrogens (tertiary/aromatic N) is 2. The first-order valence-corrected chi connectivity index (χ1v) is 12.0. The molecule has 4 saturated carbocycles. The Bertz CT molecular complexity index is 1110. The fraction of sp³-hybridized carbons (Fsp3) is 0.481. The van der Waals surface area contributed by atoms with E-state index in [0.717, 1.165) is 57.4 Å². The van der Waals surface area contributed by atoms with Gasteiger partial charge in [0.2, 0.25) is 0 Å². The second-order valence-electron chi connectivity index (χ2n) is 10.1. The summed E-state index contributed by atoms with van der Waals surface area (Å²) in [6, 6.07) is 12.4. The van der Waals surface area contributed by atoms with E-state index in [1.807, 2.05) is 26.0 Å². The average Bonchev–Trinajstić information content (AvgIpc) is 2.75. The van der Waals surface area contributed by atoms with Gasteiger partial charge in [-0.2, -0.15) is 0 Å². The van der Waals surface area contributed by atoms with E-state index >= 15 is 0 Å². The molecule has 32 heavy (non-hydrogen) atoms. The molecule has 166 valence electrons. The van der Waals surface area contributed by atoms with Crippen molar-refractivity contribution in [2.75, 3.05) is 11.9 Å². The maximum Gasteiger partial charge on any atom is 0.161 e. The Morgan fingerprint density at radius 2 is 1.69 bits per heavy atom. The van der Waals surface area contributed by atoms with Crippen LogP contribution in [-0.4, -0.2) is 22.2 Å². The van der Waals surface area contributed by atoms with Crippen LogP contribution in [0.1, 0.15) is 51.1 Å². The number of ether oxygens (including phenoxy) is 2. The monoisotopic (exact) mass is 429 g/mol. The minimum absolute atomic E-state index is 0.0875. The molecule has 4 aliphatic carbocycles. The van der Waals surface area contributed by atoms with Gasteiger partial charge in [-0.05, 0) is 107 Å². The van der Waals surface area contributed by atoms with Crippen molar-refractivity contribution in [3.05, 3.63) is 48.3 Å². The van der Waals surface area contributed by atoms with Gasteiger partial charge in [0.05, 0.1) is 18.0 Å². The van der Waals surface area contributed by atoms with E-state index < -0.39 is 0 Å². The molecule has 2 aromatic heterocycles. The Hall–Kier alpha value is -2.82. The number of nitrogens with one attached hydrogen (secondary N) is 1. The van der Waals surface area contributed by atoms with Crippen molar-refractivity contribution in [1.29, 1.82) is 0 Å². The van der Waals surface area contributed by atoms with Crippen molar-refractivity contribution >= 4 is 22.4 Å². The van der Waals surface area contributed by atoms with E-state index in [2.05, 4.69) is 39.6 Å². The van der Waals surface area contributed by atoms with Gasteiger partial charge in [-0.3, -0.25) is 0 Å². The largest absolute Gasteiger partial charge is 0.492 e. The summed E-state index contributed by atoms with van der Waals surface area (Å²) in [5.74, 6) is 4.46. The number of fused-ring (bicyclic) bond motifs is 1. The lowest BCUT2D eigenvalue weighted by molar-refractivity contribution is -0.107. The number of aryl methyl sites for hydroxylation is 1. The highest BCUT2D eigenvalue weighted by Gasteiger charge is 2.52. The number of hydrogen-bond acceptors (Lipinski definition) is 5. The van der Waals surface area contributed by atoms with E-state index in [4.69, 9.17) is 9.47 Å². The van der Waals surface area contributed by atoms with Crippen molar-refractivity contribution in [2.45, 2.75) is 58.0 Å². The highest BCUT2D eigenvalue weighted by molar-refractivity contribution is 5.91. The van der Waals surface area contributed by atoms with Crippen LogP contribution < -0.4 is 14.8 Å². The molecule has 5 heteroatoms. The lowest BCUT2D eigenvalue weighted by atomic mass is 9.54. The Morgan fingerprint density at radius 1 is 1.00 bits per heavy atom. The molecule has 0 atom stereocenters. The summed E-state index contributed by atoms with van der Waals surface area (Å²) in [4.78, 5) is 9.05. The first kappa shape index (κ1) is 19.8. The molecule has 0 spiro atoms. The fourth-order valence-corrected chi connectivity index (χ4v) is 6.72. The predicted octanol–water partition coefficient (Wildman–Crippen LogP) is 6.43. The third kappa shape index (κ3) is 3.58. The van der Waals surface area contributed by atoms with E-state index in [9.17, 15) is 0 Å². The van der Waals surface area contributed by atoms with E-state index in [1.54, 1.807) is 6.20 Å². The van der Waals surface area contributed by atoms with Gasteiger partial charge in [0.25, 0.3) is 0 Å². The molecule has 1 aromatic carbocycles. The minimum atomic E-state index is 0.0875. The first-order valence-electron chi connectivity index (χ1n) is 12.0. The van der Waals surface area contributed by atoms with Crippen LogP contribution in [0.25, 0.3) is 11.0 Å². The van der Waals surface area contributed by atoms with Gasteiger partial charge in [0.1, 0.15) is 17.1 Å². The average molecular weight is 430 g/mol. The number of aromatic nitrogens is 2. The molecule has 2 heterocycles. The summed E-state index contributed by atoms with van der Waals surface area (Å²) in [7, 11) is 0. The molecule has 4 bridgehead atoms. The second-order valence-corrected chi connectivity index (χ2v) is 10.1. The lowest BCUT2D eigenvalue weighted by Gasteiger charge is -2.56. The molecule has 5 nitrogen and oxygen atoms in total. The summed E-state index contributed by atoms with van der Waals surface area (Å²) in [6.45, 7) is 4.55. The summed E-state index contributed by atoms with van der Waals surface area (Å²) in [6.07, 6.45) is 9.84. The zero-order valence-corrected chi connectivity index (χ0v) is 18.9. The molecule has 7 rings (SSSR count). The Kier molecular flexibility index (Phi) is 4.74. The van der Waals surface area contributed by atoms with E-state index in [0.29, 0.717) is 6.61 Å². The molecule has 0 aliphatic heterocycles. The van der Waals surface area contributed by atoms with Crippen molar-refractivity contribution in [3.8, 4) is 11.5 Å². The number of anilines is 2. The van der Waals surface area contributed by atoms with Crippen LogP contribution in [0.3, 0.4) is 0 Å². The molecule has 0 unspecified atom stereocenters. The highest BCUT2D eigenvalue weighted by Crippen LogP contribution is 2.57. The molecule has 0 radical (unpaired) electrons. The van der Waals surface area contributed by atoms with Crippen LogP contribution in [0.2, 0.25) is 0 Å². The summed E-state index contributed by atoms with van der Waals surface area (Å²) in [5.41, 5.74) is 3.66. The van der Waals surface area contributed by atoms with Crippen LogP contribution >= 0.6 is 0 Å². The minimum Gasteiger partial charge on any atom is -0.492 e. The van der Waals surface area contributed by atoms with E-state index in [-0.39, 0.29) is 5.60 Å². The third-order valence-electron chi connectivity index (χ3n) is 7.62. The molecule has 0 amide bonds. The quantitative estimate of drug-likeness (QED) is 0.489. The first-order chi connectivity index (χ1) is 15.6. The Morgan fingerprint density at radius 3 is 2.34 bits per heavy atom. The number of hydrogen-bond donors (Lipinski definition) is 1. The molecule has 4 aliphatic rings. The topological polar surface area (TPSA) is 56.3 Å². The summed E-state index contributed by atoms with van der Waals surface area (Å²) < 4.78 is 12.4. The smallest absolute Gasteiger partial charge is 0.161 e. The van der Waals surface area contributed by atoms with Crippen molar-refractivity contribution in [3.63, 3.8) is 0 Å². The van der Waals surface area contributed by atoms with Gasteiger partial charge in [-0.1, -0.05) is 0 Å². The number of pyridine rings is 2. The number of rotatable bonds is 6. The fourth-order valence-electron chi connectivity index (χ4n) is 6.72. The van der Waals surface area contributed by atoms with Gasteiger partial charge >= 0.3 is 0 Å². The Labute approximate surface area is 189 Å². The normalized spacial score (nSPS) is 28.1. The summed E-state index contributed by atoms with van der Waals surface area (Å²) >= 11 is 0. The molecular weight excluding hydrogens is 398 g/mol. The van der Waals surface area contributed by atoms with Crippen LogP contribution in [0.5, 0.6) is 11.5 Å². The maximum atomic E-state index is 6.68. The predicted molar refractivity (Wildman–Crippen MR) is 127 cm³/mol. The van der Waals surface area contributed by atoms with Crippen LogP contribution in [0.4, 0.5) is 11.4 Å². The molecule has 1 N–H and O–H groups in total. The van der Waals surface area contributed by atoms with Gasteiger partial charge in [-0.15, -0.1) is 0 Å². The van der Waals surface area contributed by atoms with Crippen molar-refractivity contribution in [2.24, 2.45) is 17.8 Å². The molecule has 4 fully saturated rings. The van der Waals surface area contributed by atoms with Gasteiger partial charge in [-0.25, -0.2) is 9.97 Å². The SMILES string of the molecule is CCOc1cc2c(Nc3ccc(OC45CC6CC(CC(C6)C4)C5)cc3)ccnc2nc1C. The van der Waals surface area contributed by atoms with Gasteiger partial charge in [0, 0.05) is 17.3 Å². The third-order valence-corrected chi connectivity index (χ3v) is 7.62. The highest BCUT2D eigenvalue weighted by atomic mass is 16.5. The van der Waals surface area contributed by atoms with Crippen LogP contribution in [0.15, 0.2) is 42.6 Å². The molecule has 3 aromatic rings. The standard InChI is InChI=1S/C27H31N3O2/c1-3-31-25-13-23-24(8-9-28-26(23)29-17(25)2)30-21-4-6-22(7-5-21)32-27-14-18-10-19(15-27)12-20(11-18)16-27/h4-9,13,18-20H,3,10-12,14-16H2,1-2H3,(H,28,29,30). The molecular formula is C27H31N3O2. The second kappa shape index (κ2) is 7.65. The zero-order valence-electron chi connectivity index (χ0n) is 18.9. The lowest BCUT2D eigenvalue weighted by Crippen LogP contribution is -2.53. The van der Waals surface area contributed by atoms with E-state index in [1.165, 1.54) is 38.5 Å². The Balaban J connectivity index is 1.22. The summed E-state index contributed by atoms with van der Waals surface area (Å²) in [5, 5.41) is 4.49. The van der Waals surface area contributed by atoms with Crippen molar-refractivity contribution < 1.29 is 9.47 Å². The number of benzene rings is 1. The van der Waals surface area contributed by atoms with Crippen molar-refractivity contribution in [1.82, 2.24) is 9.97 Å². The van der Waals surface area contributed by atoms with Gasteiger partial charge < -0.3 is 14.8 Å². The molecule has 0 saturated heterocycles. The van der Waals surface area contributed by atoms with Crippen LogP contribution in [-0.2, 0) is 0 Å². The zero-order chi connectivity index (χ0) is 21.7. The maximum absolute atomic E-state index is 6.68.